The van der Waals surface area contributed by atoms with Gasteiger partial charge in [0.1, 0.15) is 11.9 Å². The maximum absolute atomic E-state index is 14.9. The molecule has 0 radical (unpaired) electrons. The lowest BCUT2D eigenvalue weighted by molar-refractivity contribution is -0.126. The molecule has 3 aliphatic heterocycles. The molecule has 1 aromatic heterocycles. The predicted molar refractivity (Wildman–Crippen MR) is 178 cm³/mol. The smallest absolute Gasteiger partial charge is 0.257 e. The van der Waals surface area contributed by atoms with Gasteiger partial charge in [-0.3, -0.25) is 19.2 Å². The largest absolute Gasteiger partial charge is 0.378 e. The van der Waals surface area contributed by atoms with Crippen molar-refractivity contribution < 1.29 is 28.3 Å². The van der Waals surface area contributed by atoms with E-state index < -0.39 is 23.8 Å². The zero-order chi connectivity index (χ0) is 33.9. The third kappa shape index (κ3) is 7.01. The maximum Gasteiger partial charge on any atom is 0.257 e. The fraction of sp³-hybridized carbons (Fsp3) is 0.514. The molecule has 2 saturated heterocycles. The van der Waals surface area contributed by atoms with Gasteiger partial charge >= 0.3 is 0 Å². The highest BCUT2D eigenvalue weighted by molar-refractivity contribution is 6.00. The van der Waals surface area contributed by atoms with Crippen LogP contribution < -0.4 is 15.5 Å². The Balaban J connectivity index is 1.28. The van der Waals surface area contributed by atoms with E-state index in [1.54, 1.807) is 24.3 Å². The molecule has 2 bridgehead atoms. The van der Waals surface area contributed by atoms with Crippen molar-refractivity contribution >= 4 is 40.6 Å². The summed E-state index contributed by atoms with van der Waals surface area (Å²) in [5.74, 6) is -1.49. The molecule has 2 atom stereocenters. The standard InChI is InChI=1S/C35H44FN7O5/c1-22(2)28-20-42(33(46)24-9-11-29-27(19-24)39-35(40(29)3)41-14-16-48-17-15-41)21-31(44)37-12-4-6-23-8-10-26(36)25(18-23)34(47)43-13-5-7-30(43)32(45)38-28/h8-11,18-19,22,28,30H,4-7,12-17,20-21H2,1-3H3,(H,37,44)(H,38,45)/t28-,30-/m0/s1. The van der Waals surface area contributed by atoms with Crippen molar-refractivity contribution in [3.63, 3.8) is 0 Å². The van der Waals surface area contributed by atoms with Crippen LogP contribution in [-0.2, 0) is 27.8 Å². The van der Waals surface area contributed by atoms with E-state index in [1.165, 1.54) is 15.9 Å². The average Bonchev–Trinajstić information content (AvgIpc) is 3.71. The minimum atomic E-state index is -0.767. The number of nitrogens with one attached hydrogen (secondary N) is 2. The van der Waals surface area contributed by atoms with Crippen molar-refractivity contribution in [3.8, 4) is 0 Å². The molecule has 4 heterocycles. The molecule has 48 heavy (non-hydrogen) atoms. The summed E-state index contributed by atoms with van der Waals surface area (Å²) >= 11 is 0. The number of nitrogens with zero attached hydrogens (tertiary/aromatic N) is 5. The summed E-state index contributed by atoms with van der Waals surface area (Å²) in [5, 5.41) is 5.97. The fourth-order valence-electron chi connectivity index (χ4n) is 6.79. The van der Waals surface area contributed by atoms with Crippen LogP contribution in [0.4, 0.5) is 10.3 Å². The van der Waals surface area contributed by atoms with Crippen molar-refractivity contribution in [3.05, 3.63) is 58.9 Å². The van der Waals surface area contributed by atoms with E-state index in [2.05, 4.69) is 15.5 Å². The summed E-state index contributed by atoms with van der Waals surface area (Å²) in [4.78, 5) is 64.6. The molecule has 2 fully saturated rings. The van der Waals surface area contributed by atoms with Crippen LogP contribution in [0.2, 0.25) is 0 Å². The lowest BCUT2D eigenvalue weighted by Gasteiger charge is -2.32. The summed E-state index contributed by atoms with van der Waals surface area (Å²) in [6.07, 6.45) is 2.14. The number of amides is 4. The number of carbonyl (C=O) groups is 4. The second-order valence-electron chi connectivity index (χ2n) is 13.2. The first-order valence-electron chi connectivity index (χ1n) is 16.9. The highest BCUT2D eigenvalue weighted by atomic mass is 19.1. The van der Waals surface area contributed by atoms with Gasteiger partial charge in [-0.1, -0.05) is 19.9 Å². The normalized spacial score (nSPS) is 21.7. The van der Waals surface area contributed by atoms with Crippen LogP contribution in [0.15, 0.2) is 36.4 Å². The Morgan fingerprint density at radius 1 is 1.04 bits per heavy atom. The Morgan fingerprint density at radius 2 is 1.83 bits per heavy atom. The van der Waals surface area contributed by atoms with Crippen molar-refractivity contribution in [1.29, 1.82) is 0 Å². The summed E-state index contributed by atoms with van der Waals surface area (Å²) in [6.45, 7) is 7.12. The van der Waals surface area contributed by atoms with Gasteiger partial charge in [0.05, 0.1) is 36.4 Å². The summed E-state index contributed by atoms with van der Waals surface area (Å²) in [5.41, 5.74) is 2.63. The Morgan fingerprint density at radius 3 is 2.60 bits per heavy atom. The van der Waals surface area contributed by atoms with Crippen LogP contribution in [0.5, 0.6) is 0 Å². The molecular formula is C35H44FN7O5. The SMILES string of the molecule is CC(C)[C@@H]1CN(C(=O)c2ccc3c(c2)nc(N2CCOCC2)n3C)CC(=O)NCCCc2ccc(F)c(c2)C(=O)N2CCC[C@H]2C(=O)N1. The van der Waals surface area contributed by atoms with E-state index in [1.807, 2.05) is 31.5 Å². The second kappa shape index (κ2) is 14.3. The van der Waals surface area contributed by atoms with Crippen LogP contribution in [0.1, 0.15) is 59.4 Å². The van der Waals surface area contributed by atoms with Crippen LogP contribution in [0.25, 0.3) is 11.0 Å². The number of benzene rings is 2. The molecule has 0 unspecified atom stereocenters. The Bertz CT molecular complexity index is 1700. The number of morpholine rings is 1. The third-order valence-electron chi connectivity index (χ3n) is 9.61. The molecule has 3 aromatic rings. The number of carbonyl (C=O) groups excluding carboxylic acids is 4. The highest BCUT2D eigenvalue weighted by Crippen LogP contribution is 2.25. The van der Waals surface area contributed by atoms with E-state index in [4.69, 9.17) is 9.72 Å². The second-order valence-corrected chi connectivity index (χ2v) is 13.2. The molecule has 0 spiro atoms. The molecule has 2 aromatic carbocycles. The van der Waals surface area contributed by atoms with Gasteiger partial charge in [0.25, 0.3) is 11.8 Å². The molecule has 3 aliphatic rings. The quantitative estimate of drug-likeness (QED) is 0.442. The molecule has 0 aliphatic carbocycles. The Labute approximate surface area is 279 Å². The molecule has 4 amide bonds. The zero-order valence-electron chi connectivity index (χ0n) is 27.8. The summed E-state index contributed by atoms with van der Waals surface area (Å²) in [7, 11) is 1.95. The number of fused-ring (bicyclic) bond motifs is 4. The summed E-state index contributed by atoms with van der Waals surface area (Å²) < 4.78 is 22.4. The molecule has 256 valence electrons. The van der Waals surface area contributed by atoms with Gasteiger partial charge in [0.2, 0.25) is 17.8 Å². The lowest BCUT2D eigenvalue weighted by Crippen LogP contribution is -2.54. The Kier molecular flexibility index (Phi) is 9.95. The van der Waals surface area contributed by atoms with E-state index in [0.29, 0.717) is 63.1 Å². The van der Waals surface area contributed by atoms with E-state index in [9.17, 15) is 23.6 Å². The minimum absolute atomic E-state index is 0.0559. The monoisotopic (exact) mass is 661 g/mol. The van der Waals surface area contributed by atoms with Gasteiger partial charge in [0.15, 0.2) is 0 Å². The van der Waals surface area contributed by atoms with Gasteiger partial charge in [-0.05, 0) is 67.5 Å². The number of ether oxygens (including phenoxy) is 1. The number of aromatic nitrogens is 2. The van der Waals surface area contributed by atoms with Gasteiger partial charge in [-0.15, -0.1) is 0 Å². The van der Waals surface area contributed by atoms with Gasteiger partial charge in [0, 0.05) is 51.4 Å². The average molecular weight is 662 g/mol. The highest BCUT2D eigenvalue weighted by Gasteiger charge is 2.37. The third-order valence-corrected chi connectivity index (χ3v) is 9.61. The van der Waals surface area contributed by atoms with Crippen LogP contribution in [0.3, 0.4) is 0 Å². The van der Waals surface area contributed by atoms with Gasteiger partial charge in [-0.25, -0.2) is 9.37 Å². The van der Waals surface area contributed by atoms with Crippen LogP contribution >= 0.6 is 0 Å². The van der Waals surface area contributed by atoms with Crippen molar-refractivity contribution in [2.75, 3.05) is 57.4 Å². The number of halogens is 1. The molecule has 12 nitrogen and oxygen atoms in total. The summed E-state index contributed by atoms with van der Waals surface area (Å²) in [6, 6.07) is 8.53. The van der Waals surface area contributed by atoms with Crippen molar-refractivity contribution in [2.24, 2.45) is 13.0 Å². The van der Waals surface area contributed by atoms with E-state index in [0.717, 1.165) is 30.1 Å². The zero-order valence-corrected chi connectivity index (χ0v) is 27.8. The number of aryl methyl sites for hydroxylation is 2. The van der Waals surface area contributed by atoms with E-state index in [-0.39, 0.29) is 42.3 Å². The molecule has 6 rings (SSSR count). The first-order valence-corrected chi connectivity index (χ1v) is 16.9. The van der Waals surface area contributed by atoms with Gasteiger partial charge in [-0.2, -0.15) is 0 Å². The van der Waals surface area contributed by atoms with Crippen molar-refractivity contribution in [1.82, 2.24) is 30.0 Å². The van der Waals surface area contributed by atoms with Crippen LogP contribution in [-0.4, -0.2) is 108 Å². The molecule has 13 heteroatoms. The Hall–Kier alpha value is -4.52. The van der Waals surface area contributed by atoms with Gasteiger partial charge < -0.3 is 34.6 Å². The number of hydrogen-bond acceptors (Lipinski definition) is 7. The van der Waals surface area contributed by atoms with E-state index >= 15 is 0 Å². The topological polar surface area (TPSA) is 129 Å². The minimum Gasteiger partial charge on any atom is -0.378 e. The number of anilines is 1. The molecule has 0 saturated carbocycles. The first kappa shape index (κ1) is 33.4. The number of imidazole rings is 1. The molecule has 2 N–H and O–H groups in total. The fourth-order valence-corrected chi connectivity index (χ4v) is 6.79. The number of hydrogen-bond donors (Lipinski definition) is 2. The maximum atomic E-state index is 14.9. The first-order chi connectivity index (χ1) is 23.1. The molecular weight excluding hydrogens is 617 g/mol. The van der Waals surface area contributed by atoms with Crippen molar-refractivity contribution in [2.45, 2.75) is 51.6 Å². The predicted octanol–water partition coefficient (Wildman–Crippen LogP) is 2.50. The lowest BCUT2D eigenvalue weighted by atomic mass is 10.0. The van der Waals surface area contributed by atoms with Crippen LogP contribution in [0, 0.1) is 11.7 Å². The number of rotatable bonds is 3.